The van der Waals surface area contributed by atoms with E-state index < -0.39 is 5.60 Å². The number of ether oxygens (including phenoxy) is 1. The maximum absolute atomic E-state index is 12.2. The molecule has 3 rings (SSSR count). The van der Waals surface area contributed by atoms with Crippen molar-refractivity contribution in [3.05, 3.63) is 23.7 Å². The Labute approximate surface area is 145 Å². The Balaban J connectivity index is 1.75. The predicted molar refractivity (Wildman–Crippen MR) is 92.4 cm³/mol. The lowest BCUT2D eigenvalue weighted by atomic mass is 10.2. The molecule has 3 heterocycles. The Hall–Kier alpha value is -2.15. The molecule has 8 heteroatoms. The van der Waals surface area contributed by atoms with Crippen LogP contribution >= 0.6 is 11.6 Å². The zero-order valence-electron chi connectivity index (χ0n) is 14.0. The molecule has 2 aromatic heterocycles. The van der Waals surface area contributed by atoms with Crippen LogP contribution in [0.4, 0.5) is 10.6 Å². The number of fused-ring (bicyclic) bond motifs is 1. The van der Waals surface area contributed by atoms with Gasteiger partial charge in [0.2, 0.25) is 5.28 Å². The van der Waals surface area contributed by atoms with Crippen LogP contribution < -0.4 is 4.90 Å². The average Bonchev–Trinajstić information content (AvgIpc) is 2.52. The standard InChI is InChI=1S/C16H20ClN5O2/c1-16(2,3)24-15(23)22-8-6-21(7-9-22)13-11-4-5-18-10-12(11)19-14(17)20-13/h4-5,10H,6-9H2,1-3H3. The van der Waals surface area contributed by atoms with Crippen molar-refractivity contribution in [1.29, 1.82) is 0 Å². The smallest absolute Gasteiger partial charge is 0.410 e. The van der Waals surface area contributed by atoms with Crippen LogP contribution in [0.3, 0.4) is 0 Å². The first-order chi connectivity index (χ1) is 11.3. The van der Waals surface area contributed by atoms with Gasteiger partial charge in [-0.3, -0.25) is 4.98 Å². The summed E-state index contributed by atoms with van der Waals surface area (Å²) in [6, 6.07) is 1.88. The van der Waals surface area contributed by atoms with Crippen molar-refractivity contribution in [2.24, 2.45) is 0 Å². The lowest BCUT2D eigenvalue weighted by Gasteiger charge is -2.36. The lowest BCUT2D eigenvalue weighted by Crippen LogP contribution is -2.50. The fourth-order valence-electron chi connectivity index (χ4n) is 2.60. The van der Waals surface area contributed by atoms with Crippen LogP contribution in [0.15, 0.2) is 18.5 Å². The molecule has 1 aliphatic heterocycles. The number of aromatic nitrogens is 3. The minimum Gasteiger partial charge on any atom is -0.444 e. The highest BCUT2D eigenvalue weighted by molar-refractivity contribution is 6.28. The fourth-order valence-corrected chi connectivity index (χ4v) is 2.78. The number of pyridine rings is 1. The monoisotopic (exact) mass is 349 g/mol. The molecule has 0 spiro atoms. The quantitative estimate of drug-likeness (QED) is 0.737. The van der Waals surface area contributed by atoms with Gasteiger partial charge in [-0.05, 0) is 38.4 Å². The second-order valence-corrected chi connectivity index (χ2v) is 7.00. The molecule has 1 amide bonds. The summed E-state index contributed by atoms with van der Waals surface area (Å²) >= 11 is 6.03. The Morgan fingerprint density at radius 2 is 1.92 bits per heavy atom. The van der Waals surface area contributed by atoms with Crippen molar-refractivity contribution in [1.82, 2.24) is 19.9 Å². The molecule has 0 aliphatic carbocycles. The molecule has 7 nitrogen and oxygen atoms in total. The molecule has 0 unspecified atom stereocenters. The average molecular weight is 350 g/mol. The lowest BCUT2D eigenvalue weighted by molar-refractivity contribution is 0.0240. The van der Waals surface area contributed by atoms with Crippen molar-refractivity contribution in [3.8, 4) is 0 Å². The molecule has 1 aliphatic rings. The molecule has 24 heavy (non-hydrogen) atoms. The van der Waals surface area contributed by atoms with Crippen molar-refractivity contribution < 1.29 is 9.53 Å². The zero-order chi connectivity index (χ0) is 17.3. The van der Waals surface area contributed by atoms with Crippen LogP contribution in [0, 0.1) is 0 Å². The number of carbonyl (C=O) groups is 1. The minimum absolute atomic E-state index is 0.195. The van der Waals surface area contributed by atoms with E-state index in [1.54, 1.807) is 17.3 Å². The topological polar surface area (TPSA) is 71.5 Å². The second kappa shape index (κ2) is 6.39. The van der Waals surface area contributed by atoms with E-state index in [2.05, 4.69) is 19.9 Å². The van der Waals surface area contributed by atoms with Crippen LogP contribution in [-0.2, 0) is 4.74 Å². The predicted octanol–water partition coefficient (Wildman–Crippen LogP) is 2.74. The maximum atomic E-state index is 12.2. The van der Waals surface area contributed by atoms with E-state index in [-0.39, 0.29) is 11.4 Å². The third-order valence-corrected chi connectivity index (χ3v) is 3.85. The SMILES string of the molecule is CC(C)(C)OC(=O)N1CCN(c2nc(Cl)nc3cnccc23)CC1. The summed E-state index contributed by atoms with van der Waals surface area (Å²) in [5.41, 5.74) is 0.222. The van der Waals surface area contributed by atoms with E-state index in [1.807, 2.05) is 26.8 Å². The van der Waals surface area contributed by atoms with Gasteiger partial charge in [-0.15, -0.1) is 0 Å². The maximum Gasteiger partial charge on any atom is 0.410 e. The van der Waals surface area contributed by atoms with Gasteiger partial charge < -0.3 is 14.5 Å². The van der Waals surface area contributed by atoms with E-state index in [9.17, 15) is 4.79 Å². The number of hydrogen-bond acceptors (Lipinski definition) is 6. The third kappa shape index (κ3) is 3.67. The van der Waals surface area contributed by atoms with Crippen LogP contribution in [0.5, 0.6) is 0 Å². The highest BCUT2D eigenvalue weighted by Gasteiger charge is 2.27. The molecule has 1 saturated heterocycles. The number of rotatable bonds is 1. The number of nitrogens with zero attached hydrogens (tertiary/aromatic N) is 5. The summed E-state index contributed by atoms with van der Waals surface area (Å²) in [6.45, 7) is 8.05. The first-order valence-electron chi connectivity index (χ1n) is 7.83. The highest BCUT2D eigenvalue weighted by atomic mass is 35.5. The first-order valence-corrected chi connectivity index (χ1v) is 8.21. The molecule has 0 N–H and O–H groups in total. The van der Waals surface area contributed by atoms with E-state index in [0.29, 0.717) is 31.7 Å². The summed E-state index contributed by atoms with van der Waals surface area (Å²) < 4.78 is 5.42. The van der Waals surface area contributed by atoms with Gasteiger partial charge in [-0.1, -0.05) is 0 Å². The normalized spacial score (nSPS) is 15.7. The van der Waals surface area contributed by atoms with Gasteiger partial charge >= 0.3 is 6.09 Å². The molecule has 0 bridgehead atoms. The van der Waals surface area contributed by atoms with Crippen LogP contribution in [0.25, 0.3) is 10.9 Å². The molecular formula is C16H20ClN5O2. The Morgan fingerprint density at radius 1 is 1.21 bits per heavy atom. The molecular weight excluding hydrogens is 330 g/mol. The van der Waals surface area contributed by atoms with Crippen molar-refractivity contribution in [3.63, 3.8) is 0 Å². The molecule has 128 valence electrons. The van der Waals surface area contributed by atoms with Gasteiger partial charge in [0, 0.05) is 37.8 Å². The summed E-state index contributed by atoms with van der Waals surface area (Å²) in [7, 11) is 0. The number of halogens is 1. The van der Waals surface area contributed by atoms with Crippen molar-refractivity contribution in [2.75, 3.05) is 31.1 Å². The first kappa shape index (κ1) is 16.7. The van der Waals surface area contributed by atoms with Gasteiger partial charge in [0.15, 0.2) is 0 Å². The van der Waals surface area contributed by atoms with Gasteiger partial charge in [0.1, 0.15) is 11.4 Å². The fraction of sp³-hybridized carbons (Fsp3) is 0.500. The number of carbonyl (C=O) groups excluding carboxylic acids is 1. The van der Waals surface area contributed by atoms with E-state index >= 15 is 0 Å². The zero-order valence-corrected chi connectivity index (χ0v) is 14.7. The number of amides is 1. The van der Waals surface area contributed by atoms with E-state index in [1.165, 1.54) is 0 Å². The summed E-state index contributed by atoms with van der Waals surface area (Å²) in [4.78, 5) is 28.6. The summed E-state index contributed by atoms with van der Waals surface area (Å²) in [5.74, 6) is 0.774. The summed E-state index contributed by atoms with van der Waals surface area (Å²) in [5, 5.41) is 1.10. The Kier molecular flexibility index (Phi) is 4.45. The van der Waals surface area contributed by atoms with Crippen LogP contribution in [-0.4, -0.2) is 57.7 Å². The Morgan fingerprint density at radius 3 is 2.58 bits per heavy atom. The van der Waals surface area contributed by atoms with E-state index in [4.69, 9.17) is 16.3 Å². The molecule has 0 saturated carbocycles. The molecule has 0 radical (unpaired) electrons. The molecule has 1 fully saturated rings. The molecule has 2 aromatic rings. The van der Waals surface area contributed by atoms with Gasteiger partial charge in [-0.2, -0.15) is 4.98 Å². The van der Waals surface area contributed by atoms with Gasteiger partial charge in [0.25, 0.3) is 0 Å². The highest BCUT2D eigenvalue weighted by Crippen LogP contribution is 2.25. The molecule has 0 aromatic carbocycles. The van der Waals surface area contributed by atoms with Crippen LogP contribution in [0.1, 0.15) is 20.8 Å². The number of anilines is 1. The van der Waals surface area contributed by atoms with Crippen molar-refractivity contribution >= 4 is 34.4 Å². The summed E-state index contributed by atoms with van der Waals surface area (Å²) in [6.07, 6.45) is 3.10. The molecule has 0 atom stereocenters. The van der Waals surface area contributed by atoms with Crippen LogP contribution in [0.2, 0.25) is 5.28 Å². The number of piperazine rings is 1. The third-order valence-electron chi connectivity index (χ3n) is 3.68. The van der Waals surface area contributed by atoms with Gasteiger partial charge in [-0.25, -0.2) is 9.78 Å². The van der Waals surface area contributed by atoms with E-state index in [0.717, 1.165) is 11.2 Å². The second-order valence-electron chi connectivity index (χ2n) is 6.66. The number of hydrogen-bond donors (Lipinski definition) is 0. The van der Waals surface area contributed by atoms with Crippen molar-refractivity contribution in [2.45, 2.75) is 26.4 Å². The largest absolute Gasteiger partial charge is 0.444 e. The Bertz CT molecular complexity index is 754. The van der Waals surface area contributed by atoms with Gasteiger partial charge in [0.05, 0.1) is 11.7 Å². The minimum atomic E-state index is -0.488.